The van der Waals surface area contributed by atoms with Crippen molar-refractivity contribution in [2.45, 2.75) is 31.5 Å². The number of anilines is 1. The molecule has 0 fully saturated rings. The molecule has 166 valence electrons. The van der Waals surface area contributed by atoms with Gasteiger partial charge in [-0.05, 0) is 42.3 Å². The Bertz CT molecular complexity index is 986. The first-order chi connectivity index (χ1) is 14.3. The average Bonchev–Trinajstić information content (AvgIpc) is 3.04. The Hall–Kier alpha value is -3.21. The highest BCUT2D eigenvalue weighted by atomic mass is 19.4. The minimum absolute atomic E-state index is 0.0845. The second-order valence-corrected chi connectivity index (χ2v) is 6.86. The highest BCUT2D eigenvalue weighted by molar-refractivity contribution is 5.51. The number of rotatable bonds is 6. The van der Waals surface area contributed by atoms with Gasteiger partial charge >= 0.3 is 12.7 Å². The molecule has 0 spiro atoms. The Morgan fingerprint density at radius 1 is 0.968 bits per heavy atom. The number of hydrogen-bond donors (Lipinski definition) is 2. The average molecular weight is 445 g/mol. The van der Waals surface area contributed by atoms with E-state index in [0.29, 0.717) is 11.5 Å². The van der Waals surface area contributed by atoms with Crippen LogP contribution in [0.5, 0.6) is 5.75 Å². The summed E-state index contributed by atoms with van der Waals surface area (Å²) in [7, 11) is 0. The summed E-state index contributed by atoms with van der Waals surface area (Å²) in [5.74, 6) is -0.213. The van der Waals surface area contributed by atoms with Gasteiger partial charge in [0, 0.05) is 18.2 Å². The Morgan fingerprint density at radius 3 is 2.19 bits per heavy atom. The van der Waals surface area contributed by atoms with Gasteiger partial charge in [-0.2, -0.15) is 13.2 Å². The fourth-order valence-electron chi connectivity index (χ4n) is 3.15. The van der Waals surface area contributed by atoms with Gasteiger partial charge in [0.25, 0.3) is 0 Å². The number of aryl methyl sites for hydroxylation is 1. The van der Waals surface area contributed by atoms with Crippen LogP contribution < -0.4 is 15.8 Å². The van der Waals surface area contributed by atoms with E-state index in [1.54, 1.807) is 13.0 Å². The van der Waals surface area contributed by atoms with Crippen LogP contribution in [0.25, 0.3) is 0 Å². The van der Waals surface area contributed by atoms with Crippen LogP contribution >= 0.6 is 0 Å². The van der Waals surface area contributed by atoms with E-state index in [4.69, 9.17) is 10.3 Å². The Morgan fingerprint density at radius 2 is 1.61 bits per heavy atom. The molecule has 2 aromatic carbocycles. The quantitative estimate of drug-likeness (QED) is 0.400. The number of nitrogens with one attached hydrogen (secondary N) is 1. The van der Waals surface area contributed by atoms with Crippen LogP contribution in [-0.4, -0.2) is 17.8 Å². The van der Waals surface area contributed by atoms with Crippen molar-refractivity contribution in [2.75, 3.05) is 5.32 Å². The molecule has 11 heteroatoms. The van der Waals surface area contributed by atoms with Gasteiger partial charge in [-0.15, -0.1) is 13.2 Å². The van der Waals surface area contributed by atoms with Gasteiger partial charge in [0.05, 0.1) is 11.2 Å². The van der Waals surface area contributed by atoms with Crippen LogP contribution in [0.2, 0.25) is 0 Å². The van der Waals surface area contributed by atoms with Gasteiger partial charge in [-0.25, -0.2) is 0 Å². The first-order valence-electron chi connectivity index (χ1n) is 8.87. The summed E-state index contributed by atoms with van der Waals surface area (Å²) in [6.45, 7) is 1.66. The van der Waals surface area contributed by atoms with E-state index in [2.05, 4.69) is 9.89 Å². The topological polar surface area (TPSA) is 73.3 Å². The molecule has 3 N–H and O–H groups in total. The molecule has 3 aromatic rings. The molecular weight excluding hydrogens is 428 g/mol. The minimum atomic E-state index is -4.92. The predicted molar refractivity (Wildman–Crippen MR) is 99.2 cm³/mol. The number of ether oxygens (including phenoxy) is 1. The fourth-order valence-corrected chi connectivity index (χ4v) is 3.15. The molecule has 1 atom stereocenters. The van der Waals surface area contributed by atoms with Crippen LogP contribution in [0, 0.1) is 6.92 Å². The van der Waals surface area contributed by atoms with Gasteiger partial charge in [-0.3, -0.25) is 5.32 Å². The van der Waals surface area contributed by atoms with E-state index in [1.807, 2.05) is 0 Å². The molecule has 1 unspecified atom stereocenters. The summed E-state index contributed by atoms with van der Waals surface area (Å²) in [5, 5.41) is 5.15. The van der Waals surface area contributed by atoms with E-state index in [9.17, 15) is 26.3 Å². The largest absolute Gasteiger partial charge is 0.573 e. The normalized spacial score (nSPS) is 14.2. The summed E-state index contributed by atoms with van der Waals surface area (Å²) >= 11 is 0. The molecule has 1 aromatic heterocycles. The third kappa shape index (κ3) is 5.91. The molecular formula is C20H17F6N3O2. The summed E-state index contributed by atoms with van der Waals surface area (Å²) in [4.78, 5) is 0. The van der Waals surface area contributed by atoms with Crippen LogP contribution in [0.1, 0.15) is 22.6 Å². The van der Waals surface area contributed by atoms with Crippen molar-refractivity contribution in [3.05, 3.63) is 77.2 Å². The van der Waals surface area contributed by atoms with Crippen molar-refractivity contribution in [1.29, 1.82) is 0 Å². The van der Waals surface area contributed by atoms with Gasteiger partial charge in [0.1, 0.15) is 11.5 Å². The third-order valence-corrected chi connectivity index (χ3v) is 4.38. The van der Waals surface area contributed by atoms with Crippen LogP contribution in [0.15, 0.2) is 59.1 Å². The maximum absolute atomic E-state index is 12.8. The first-order valence-corrected chi connectivity index (χ1v) is 8.87. The Labute approximate surface area is 172 Å². The second kappa shape index (κ2) is 8.14. The van der Waals surface area contributed by atoms with Gasteiger partial charge < -0.3 is 15.0 Å². The standard InChI is InChI=1S/C20H17F6N3O2/c1-12-8-17(31-29-12)11-18(27,13-4-2-6-15(9-13)28-19(21,22)23)14-5-3-7-16(10-14)30-20(24,25)26/h2-10,28H,11,27H2,1H3. The third-order valence-electron chi connectivity index (χ3n) is 4.38. The Balaban J connectivity index is 2.08. The number of hydrogen-bond acceptors (Lipinski definition) is 5. The van der Waals surface area contributed by atoms with E-state index < -0.39 is 24.0 Å². The highest BCUT2D eigenvalue weighted by Crippen LogP contribution is 2.35. The smallest absolute Gasteiger partial charge is 0.406 e. The lowest BCUT2D eigenvalue weighted by molar-refractivity contribution is -0.274. The van der Waals surface area contributed by atoms with E-state index in [0.717, 1.165) is 12.1 Å². The van der Waals surface area contributed by atoms with Gasteiger partial charge in [0.2, 0.25) is 0 Å². The minimum Gasteiger partial charge on any atom is -0.406 e. The molecule has 0 amide bonds. The van der Waals surface area contributed by atoms with Crippen LogP contribution in [0.4, 0.5) is 32.0 Å². The van der Waals surface area contributed by atoms with Gasteiger partial charge in [0.15, 0.2) is 0 Å². The van der Waals surface area contributed by atoms with E-state index in [1.165, 1.54) is 41.7 Å². The Kier molecular flexibility index (Phi) is 5.90. The maximum atomic E-state index is 12.8. The number of halogens is 6. The molecule has 0 radical (unpaired) electrons. The molecule has 0 saturated heterocycles. The van der Waals surface area contributed by atoms with Crippen molar-refractivity contribution < 1.29 is 35.6 Å². The number of alkyl halides is 6. The molecule has 0 aliphatic heterocycles. The molecule has 3 rings (SSSR count). The number of nitrogens with zero attached hydrogens (tertiary/aromatic N) is 1. The zero-order chi connectivity index (χ0) is 22.9. The van der Waals surface area contributed by atoms with Crippen LogP contribution in [0.3, 0.4) is 0 Å². The maximum Gasteiger partial charge on any atom is 0.573 e. The summed E-state index contributed by atoms with van der Waals surface area (Å²) < 4.78 is 85.4. The summed E-state index contributed by atoms with van der Waals surface area (Å²) in [5.41, 5.74) is 5.70. The zero-order valence-electron chi connectivity index (χ0n) is 16.0. The van der Waals surface area contributed by atoms with Crippen LogP contribution in [-0.2, 0) is 12.0 Å². The van der Waals surface area contributed by atoms with E-state index >= 15 is 0 Å². The molecule has 0 aliphatic rings. The molecule has 1 heterocycles. The monoisotopic (exact) mass is 445 g/mol. The summed E-state index contributed by atoms with van der Waals surface area (Å²) in [6, 6.07) is 11.7. The van der Waals surface area contributed by atoms with Crippen molar-refractivity contribution in [2.24, 2.45) is 5.73 Å². The molecule has 31 heavy (non-hydrogen) atoms. The summed E-state index contributed by atoms with van der Waals surface area (Å²) in [6.07, 6.45) is -9.69. The van der Waals surface area contributed by atoms with Gasteiger partial charge in [-0.1, -0.05) is 29.4 Å². The highest BCUT2D eigenvalue weighted by Gasteiger charge is 2.35. The first kappa shape index (κ1) is 22.5. The lowest BCUT2D eigenvalue weighted by Crippen LogP contribution is -2.40. The number of aromatic nitrogens is 1. The lowest BCUT2D eigenvalue weighted by Gasteiger charge is -2.31. The number of benzene rings is 2. The molecule has 0 aliphatic carbocycles. The van der Waals surface area contributed by atoms with Crippen molar-refractivity contribution in [3.63, 3.8) is 0 Å². The van der Waals surface area contributed by atoms with Crippen molar-refractivity contribution in [3.8, 4) is 5.75 Å². The fraction of sp³-hybridized carbons (Fsp3) is 0.250. The molecule has 0 saturated carbocycles. The molecule has 5 nitrogen and oxygen atoms in total. The number of nitrogens with two attached hydrogens (primary N) is 1. The SMILES string of the molecule is Cc1cc(CC(N)(c2cccc(NC(F)(F)F)c2)c2cccc(OC(F)(F)F)c2)on1. The molecule has 0 bridgehead atoms. The van der Waals surface area contributed by atoms with E-state index in [-0.39, 0.29) is 23.2 Å². The zero-order valence-corrected chi connectivity index (χ0v) is 16.0. The lowest BCUT2D eigenvalue weighted by atomic mass is 9.80. The van der Waals surface area contributed by atoms with Crippen molar-refractivity contribution in [1.82, 2.24) is 5.16 Å². The predicted octanol–water partition coefficient (Wildman–Crippen LogP) is 5.26. The van der Waals surface area contributed by atoms with Crippen molar-refractivity contribution >= 4 is 5.69 Å². The second-order valence-electron chi connectivity index (χ2n) is 6.86.